The summed E-state index contributed by atoms with van der Waals surface area (Å²) in [7, 11) is 0. The summed E-state index contributed by atoms with van der Waals surface area (Å²) in [6, 6.07) is 0. The molecule has 0 fully saturated rings. The molecular formula is C11H22N2O3. The van der Waals surface area contributed by atoms with Gasteiger partial charge >= 0.3 is 5.97 Å². The Morgan fingerprint density at radius 3 is 2.44 bits per heavy atom. The van der Waals surface area contributed by atoms with Gasteiger partial charge in [0.1, 0.15) is 5.54 Å². The first kappa shape index (κ1) is 14.9. The minimum Gasteiger partial charge on any atom is -0.480 e. The van der Waals surface area contributed by atoms with E-state index < -0.39 is 11.5 Å². The lowest BCUT2D eigenvalue weighted by molar-refractivity contribution is -0.147. The highest BCUT2D eigenvalue weighted by atomic mass is 16.4. The van der Waals surface area contributed by atoms with Crippen LogP contribution >= 0.6 is 0 Å². The highest BCUT2D eigenvalue weighted by Crippen LogP contribution is 2.12. The standard InChI is InChI=1S/C11H22N2O3/c1-4-11(3,10(15)16)13-9(14)8(2)6-5-7-12/h8H,4-7,12H2,1-3H3,(H,13,14)(H,15,16). The number of rotatable bonds is 7. The summed E-state index contributed by atoms with van der Waals surface area (Å²) in [5.41, 5.74) is 4.18. The van der Waals surface area contributed by atoms with Crippen molar-refractivity contribution in [3.8, 4) is 0 Å². The van der Waals surface area contributed by atoms with Crippen LogP contribution < -0.4 is 11.1 Å². The molecule has 16 heavy (non-hydrogen) atoms. The van der Waals surface area contributed by atoms with Crippen molar-refractivity contribution in [1.82, 2.24) is 5.32 Å². The molecule has 0 aromatic carbocycles. The van der Waals surface area contributed by atoms with Gasteiger partial charge in [-0.3, -0.25) is 4.79 Å². The number of carbonyl (C=O) groups is 2. The van der Waals surface area contributed by atoms with E-state index in [1.54, 1.807) is 13.8 Å². The Bertz CT molecular complexity index is 256. The van der Waals surface area contributed by atoms with Crippen LogP contribution in [0.5, 0.6) is 0 Å². The smallest absolute Gasteiger partial charge is 0.329 e. The van der Waals surface area contributed by atoms with Gasteiger partial charge in [0.2, 0.25) is 5.91 Å². The van der Waals surface area contributed by atoms with E-state index in [1.165, 1.54) is 6.92 Å². The first-order valence-corrected chi connectivity index (χ1v) is 5.63. The van der Waals surface area contributed by atoms with E-state index in [-0.39, 0.29) is 11.8 Å². The van der Waals surface area contributed by atoms with Gasteiger partial charge in [-0.15, -0.1) is 0 Å². The van der Waals surface area contributed by atoms with Crippen molar-refractivity contribution in [2.24, 2.45) is 11.7 Å². The lowest BCUT2D eigenvalue weighted by atomic mass is 9.96. The average molecular weight is 230 g/mol. The maximum Gasteiger partial charge on any atom is 0.329 e. The van der Waals surface area contributed by atoms with Crippen molar-refractivity contribution in [1.29, 1.82) is 0 Å². The Morgan fingerprint density at radius 1 is 1.50 bits per heavy atom. The number of nitrogens with one attached hydrogen (secondary N) is 1. The number of hydrogen-bond donors (Lipinski definition) is 3. The van der Waals surface area contributed by atoms with E-state index in [0.29, 0.717) is 19.4 Å². The molecule has 5 heteroatoms. The normalized spacial score (nSPS) is 16.2. The molecule has 0 bridgehead atoms. The van der Waals surface area contributed by atoms with Crippen molar-refractivity contribution >= 4 is 11.9 Å². The molecule has 0 aliphatic rings. The van der Waals surface area contributed by atoms with Crippen LogP contribution in [0.3, 0.4) is 0 Å². The number of nitrogens with two attached hydrogens (primary N) is 1. The molecule has 94 valence electrons. The Balaban J connectivity index is 4.36. The van der Waals surface area contributed by atoms with Crippen LogP contribution in [-0.4, -0.2) is 29.1 Å². The fourth-order valence-electron chi connectivity index (χ4n) is 1.24. The van der Waals surface area contributed by atoms with Crippen molar-refractivity contribution in [2.75, 3.05) is 6.54 Å². The van der Waals surface area contributed by atoms with Crippen LogP contribution in [0.4, 0.5) is 0 Å². The zero-order valence-corrected chi connectivity index (χ0v) is 10.2. The van der Waals surface area contributed by atoms with Gasteiger partial charge in [0.05, 0.1) is 0 Å². The summed E-state index contributed by atoms with van der Waals surface area (Å²) >= 11 is 0. The predicted molar refractivity (Wildman–Crippen MR) is 61.9 cm³/mol. The summed E-state index contributed by atoms with van der Waals surface area (Å²) in [6.45, 7) is 5.58. The summed E-state index contributed by atoms with van der Waals surface area (Å²) in [6.07, 6.45) is 1.81. The molecule has 0 spiro atoms. The molecule has 0 saturated carbocycles. The largest absolute Gasteiger partial charge is 0.480 e. The van der Waals surface area contributed by atoms with E-state index in [1.807, 2.05) is 0 Å². The molecule has 2 unspecified atom stereocenters. The van der Waals surface area contributed by atoms with Crippen molar-refractivity contribution < 1.29 is 14.7 Å². The number of amides is 1. The molecule has 0 radical (unpaired) electrons. The third kappa shape index (κ3) is 4.18. The zero-order chi connectivity index (χ0) is 12.8. The quantitative estimate of drug-likeness (QED) is 0.601. The second-order valence-electron chi connectivity index (χ2n) is 4.31. The maximum absolute atomic E-state index is 11.7. The molecule has 2 atom stereocenters. The third-order valence-electron chi connectivity index (χ3n) is 2.87. The summed E-state index contributed by atoms with van der Waals surface area (Å²) in [5.74, 6) is -1.43. The fraction of sp³-hybridized carbons (Fsp3) is 0.818. The van der Waals surface area contributed by atoms with Crippen LogP contribution in [-0.2, 0) is 9.59 Å². The van der Waals surface area contributed by atoms with Crippen molar-refractivity contribution in [3.63, 3.8) is 0 Å². The molecule has 1 amide bonds. The van der Waals surface area contributed by atoms with Gasteiger partial charge in [0.15, 0.2) is 0 Å². The van der Waals surface area contributed by atoms with E-state index in [2.05, 4.69) is 5.32 Å². The summed E-state index contributed by atoms with van der Waals surface area (Å²) in [5, 5.41) is 11.6. The highest BCUT2D eigenvalue weighted by Gasteiger charge is 2.33. The van der Waals surface area contributed by atoms with Gasteiger partial charge in [0, 0.05) is 5.92 Å². The number of carboxylic acid groups (broad SMARTS) is 1. The van der Waals surface area contributed by atoms with Crippen LogP contribution in [0.15, 0.2) is 0 Å². The van der Waals surface area contributed by atoms with E-state index >= 15 is 0 Å². The first-order valence-electron chi connectivity index (χ1n) is 5.63. The molecule has 0 heterocycles. The topological polar surface area (TPSA) is 92.4 Å². The summed E-state index contributed by atoms with van der Waals surface area (Å²) < 4.78 is 0. The van der Waals surface area contributed by atoms with Gasteiger partial charge < -0.3 is 16.2 Å². The lowest BCUT2D eigenvalue weighted by Crippen LogP contribution is -2.53. The Labute approximate surface area is 96.4 Å². The van der Waals surface area contributed by atoms with Crippen molar-refractivity contribution in [2.45, 2.75) is 45.6 Å². The van der Waals surface area contributed by atoms with E-state index in [0.717, 1.165) is 6.42 Å². The van der Waals surface area contributed by atoms with Gasteiger partial charge in [-0.1, -0.05) is 13.8 Å². The predicted octanol–water partition coefficient (Wildman–Crippen LogP) is 0.731. The molecule has 0 aromatic rings. The number of carboxylic acids is 1. The SMILES string of the molecule is CCC(C)(NC(=O)C(C)CCCN)C(=O)O. The molecule has 0 rings (SSSR count). The minimum atomic E-state index is -1.17. The molecule has 0 aliphatic carbocycles. The van der Waals surface area contributed by atoms with Gasteiger partial charge in [-0.25, -0.2) is 4.79 Å². The minimum absolute atomic E-state index is 0.200. The molecular weight excluding hydrogens is 208 g/mol. The van der Waals surface area contributed by atoms with Crippen LogP contribution in [0, 0.1) is 5.92 Å². The first-order chi connectivity index (χ1) is 7.37. The fourth-order valence-corrected chi connectivity index (χ4v) is 1.24. The second kappa shape index (κ2) is 6.48. The zero-order valence-electron chi connectivity index (χ0n) is 10.2. The number of aliphatic carboxylic acids is 1. The highest BCUT2D eigenvalue weighted by molar-refractivity contribution is 5.87. The lowest BCUT2D eigenvalue weighted by Gasteiger charge is -2.26. The molecule has 0 aromatic heterocycles. The van der Waals surface area contributed by atoms with Crippen LogP contribution in [0.25, 0.3) is 0 Å². The number of hydrogen-bond acceptors (Lipinski definition) is 3. The molecule has 4 N–H and O–H groups in total. The third-order valence-corrected chi connectivity index (χ3v) is 2.87. The molecule has 5 nitrogen and oxygen atoms in total. The Hall–Kier alpha value is -1.10. The molecule has 0 aliphatic heterocycles. The van der Waals surface area contributed by atoms with Gasteiger partial charge in [-0.05, 0) is 32.7 Å². The Morgan fingerprint density at radius 2 is 2.06 bits per heavy atom. The Kier molecular flexibility index (Phi) is 6.03. The van der Waals surface area contributed by atoms with Gasteiger partial charge in [-0.2, -0.15) is 0 Å². The number of carbonyl (C=O) groups excluding carboxylic acids is 1. The van der Waals surface area contributed by atoms with Gasteiger partial charge in [0.25, 0.3) is 0 Å². The maximum atomic E-state index is 11.7. The van der Waals surface area contributed by atoms with E-state index in [4.69, 9.17) is 10.8 Å². The monoisotopic (exact) mass is 230 g/mol. The summed E-state index contributed by atoms with van der Waals surface area (Å²) in [4.78, 5) is 22.7. The second-order valence-corrected chi connectivity index (χ2v) is 4.31. The van der Waals surface area contributed by atoms with E-state index in [9.17, 15) is 9.59 Å². The molecule has 0 saturated heterocycles. The van der Waals surface area contributed by atoms with Crippen molar-refractivity contribution in [3.05, 3.63) is 0 Å². The van der Waals surface area contributed by atoms with Crippen LogP contribution in [0.1, 0.15) is 40.0 Å². The van der Waals surface area contributed by atoms with Crippen LogP contribution in [0.2, 0.25) is 0 Å². The average Bonchev–Trinajstić information content (AvgIpc) is 2.25.